The highest BCUT2D eigenvalue weighted by atomic mass is 16.4. The van der Waals surface area contributed by atoms with Crippen LogP contribution in [-0.2, 0) is 81.5 Å². The van der Waals surface area contributed by atoms with E-state index >= 15 is 0 Å². The van der Waals surface area contributed by atoms with Gasteiger partial charge in [-0.25, -0.2) is 0 Å². The van der Waals surface area contributed by atoms with E-state index in [9.17, 15) is 102 Å². The van der Waals surface area contributed by atoms with E-state index in [0.29, 0.717) is 0 Å². The van der Waals surface area contributed by atoms with Crippen LogP contribution in [0.3, 0.4) is 0 Å². The molecule has 95 heavy (non-hydrogen) atoms. The molecule has 40 nitrogen and oxygen atoms in total. The molecule has 2 heterocycles. The number of nitrogens with two attached hydrogens (primary N) is 5. The Bertz CT molecular complexity index is 2820. The number of primary amides is 2. The number of aliphatic carboxylic acids is 3. The van der Waals surface area contributed by atoms with Crippen molar-refractivity contribution in [2.24, 2.45) is 39.6 Å². The largest absolute Gasteiger partial charge is 0.481 e. The number of hydrogen-bond donors (Lipinski definition) is 21. The third-order valence-corrected chi connectivity index (χ3v) is 14.8. The maximum absolute atomic E-state index is 14.3. The Balaban J connectivity index is 2.76. The highest BCUT2D eigenvalue weighted by molar-refractivity contribution is 6.00. The first-order chi connectivity index (χ1) is 44.6. The second kappa shape index (κ2) is 41.0. The SMILES string of the molecule is CC(C)[C@H](NC(=O)[C@@H]1CCCN1C(=O)[C@H](CC(N)=O)NC(=O)[C@@H]1CCC(=O)NCCCC[C@H](NC(=O)[C@@H](N)CCC(=O)O)C(=O)N[C@@H](CO)C(=O)N[C@@H](CCC(=O)O)C(=O)N[C@@H](CCCN=C(N)N)C(=O)N[C@@H](CO)C(=O)N[C@@H](CCC(=O)O)C(=O)N[C@@H](C)C(=O)N1)C(N)=O. The molecule has 0 aromatic rings. The van der Waals surface area contributed by atoms with Crippen molar-refractivity contribution in [2.45, 2.75) is 196 Å². The van der Waals surface area contributed by atoms with Crippen LogP contribution in [0.4, 0.5) is 0 Å². The highest BCUT2D eigenvalue weighted by Gasteiger charge is 2.41. The number of carboxylic acids is 3. The van der Waals surface area contributed by atoms with Gasteiger partial charge in [0.05, 0.1) is 25.7 Å². The van der Waals surface area contributed by atoms with Gasteiger partial charge in [0.25, 0.3) is 0 Å². The van der Waals surface area contributed by atoms with Gasteiger partial charge in [-0.05, 0) is 83.5 Å². The Labute approximate surface area is 544 Å². The summed E-state index contributed by atoms with van der Waals surface area (Å²) in [6.07, 6.45) is -6.63. The maximum Gasteiger partial charge on any atom is 0.303 e. The molecule has 40 heteroatoms. The minimum Gasteiger partial charge on any atom is -0.481 e. The third-order valence-electron chi connectivity index (χ3n) is 14.8. The second-order valence-corrected chi connectivity index (χ2v) is 22.8. The second-order valence-electron chi connectivity index (χ2n) is 22.8. The summed E-state index contributed by atoms with van der Waals surface area (Å²) in [7, 11) is 0. The summed E-state index contributed by atoms with van der Waals surface area (Å²) in [6, 6.07) is -20.4. The fourth-order valence-corrected chi connectivity index (χ4v) is 9.56. The number of aliphatic hydroxyl groups is 2. The van der Waals surface area contributed by atoms with Gasteiger partial charge in [0.15, 0.2) is 5.96 Å². The molecular formula is C55H90N18O22. The van der Waals surface area contributed by atoms with Crippen molar-refractivity contribution >= 4 is 107 Å². The minimum atomic E-state index is -2.03. The van der Waals surface area contributed by atoms with Crippen LogP contribution in [0.2, 0.25) is 0 Å². The van der Waals surface area contributed by atoms with Gasteiger partial charge in [-0.3, -0.25) is 86.5 Å². The van der Waals surface area contributed by atoms with Crippen LogP contribution in [-0.4, -0.2) is 242 Å². The molecule has 2 rings (SSSR count). The Kier molecular flexibility index (Phi) is 35.0. The molecule has 0 aliphatic carbocycles. The van der Waals surface area contributed by atoms with Gasteiger partial charge < -0.3 is 118 Å². The van der Waals surface area contributed by atoms with Gasteiger partial charge in [0.2, 0.25) is 82.7 Å². The molecule has 0 bridgehead atoms. The molecule has 0 aromatic heterocycles. The van der Waals surface area contributed by atoms with Gasteiger partial charge in [0.1, 0.15) is 66.5 Å². The molecule has 0 radical (unpaired) electrons. The zero-order valence-electron chi connectivity index (χ0n) is 52.8. The number of likely N-dealkylation sites (tertiary alicyclic amines) is 1. The predicted octanol–water partition coefficient (Wildman–Crippen LogP) is -10.1. The van der Waals surface area contributed by atoms with Crippen LogP contribution in [0.15, 0.2) is 4.99 Å². The standard InChI is InChI=1S/C55H90N18O22/c1-25(2)42(43(58)84)72-53(94)36-10-7-21-73(36)54(95)33(22-37(57)76)69-50(91)30-12-15-38(77)61-19-5-4-8-28(65-45(86)27(56)11-16-39(78)79)47(88)70-35(24-75)52(93)68-32(14-18-41(82)83)49(90)66-29(9-6-20-62-55(59)60)48(89)71-34(23-74)51(92)67-31(13-17-40(80)81)46(87)63-26(3)44(85)64-30/h25-36,42,74-75H,4-24,56H2,1-3H3,(H2,57,76)(H2,58,84)(H,61,77)(H,63,87)(H,64,85)(H,65,86)(H,66,90)(H,67,92)(H,68,93)(H,69,91)(H,70,88)(H,71,89)(H,72,94)(H,78,79)(H,80,81)(H,82,83)(H4,59,60,62)/t26-,27-,28-,29-,30-,31-,32-,33-,34-,35-,36-,42-/m0/s1. The Morgan fingerprint density at radius 3 is 1.63 bits per heavy atom. The van der Waals surface area contributed by atoms with Crippen molar-refractivity contribution in [2.75, 3.05) is 32.8 Å². The van der Waals surface area contributed by atoms with Crippen LogP contribution in [0.25, 0.3) is 0 Å². The van der Waals surface area contributed by atoms with Gasteiger partial charge in [-0.2, -0.15) is 0 Å². The molecule has 26 N–H and O–H groups in total. The van der Waals surface area contributed by atoms with Crippen LogP contribution >= 0.6 is 0 Å². The first kappa shape index (κ1) is 81.2. The molecular weight excluding hydrogens is 1260 g/mol. The molecule has 14 amide bonds. The summed E-state index contributed by atoms with van der Waals surface area (Å²) in [6.45, 7) is 1.38. The zero-order chi connectivity index (χ0) is 71.8. The van der Waals surface area contributed by atoms with Gasteiger partial charge >= 0.3 is 17.9 Å². The number of aliphatic imine (C=N–C) groups is 1. The fraction of sp³-hybridized carbons (Fsp3) is 0.673. The van der Waals surface area contributed by atoms with E-state index in [2.05, 4.69) is 63.5 Å². The fourth-order valence-electron chi connectivity index (χ4n) is 9.56. The quantitative estimate of drug-likeness (QED) is 0.0217. The number of carbonyl (C=O) groups excluding carboxylic acids is 14. The van der Waals surface area contributed by atoms with Crippen molar-refractivity contribution < 1.29 is 107 Å². The molecule has 2 saturated heterocycles. The number of hydrogen-bond acceptors (Lipinski definition) is 21. The predicted molar refractivity (Wildman–Crippen MR) is 326 cm³/mol. The molecule has 532 valence electrons. The number of aliphatic hydroxyl groups excluding tert-OH is 2. The van der Waals surface area contributed by atoms with E-state index in [4.69, 9.17) is 33.8 Å². The molecule has 2 aliphatic heterocycles. The Morgan fingerprint density at radius 2 is 1.13 bits per heavy atom. The number of guanidine groups is 1. The normalized spacial score (nSPS) is 23.7. The van der Waals surface area contributed by atoms with E-state index in [1.54, 1.807) is 13.8 Å². The Morgan fingerprint density at radius 1 is 0.611 bits per heavy atom. The summed E-state index contributed by atoms with van der Waals surface area (Å²) in [5, 5.41) is 74.4. The zero-order valence-corrected chi connectivity index (χ0v) is 52.8. The maximum atomic E-state index is 14.3. The lowest BCUT2D eigenvalue weighted by Gasteiger charge is -2.30. The van der Waals surface area contributed by atoms with Crippen molar-refractivity contribution in [1.29, 1.82) is 0 Å². The van der Waals surface area contributed by atoms with Crippen LogP contribution in [0.1, 0.15) is 124 Å². The van der Waals surface area contributed by atoms with Gasteiger partial charge in [-0.1, -0.05) is 13.8 Å². The van der Waals surface area contributed by atoms with Crippen molar-refractivity contribution in [3.63, 3.8) is 0 Å². The molecule has 0 aromatic carbocycles. The topological polar surface area (TPSA) is 669 Å². The molecule has 2 fully saturated rings. The summed E-state index contributed by atoms with van der Waals surface area (Å²) in [4.78, 5) is 231. The average Bonchev–Trinajstić information content (AvgIpc) is 1.78. The average molecular weight is 1360 g/mol. The smallest absolute Gasteiger partial charge is 0.303 e. The number of rotatable bonds is 26. The molecule has 0 saturated carbocycles. The Hall–Kier alpha value is -9.86. The lowest BCUT2D eigenvalue weighted by Crippen LogP contribution is -2.61. The van der Waals surface area contributed by atoms with E-state index in [0.717, 1.165) is 11.8 Å². The van der Waals surface area contributed by atoms with Gasteiger partial charge in [0, 0.05) is 45.3 Å². The molecule has 0 unspecified atom stereocenters. The summed E-state index contributed by atoms with van der Waals surface area (Å²) in [5.41, 5.74) is 27.8. The van der Waals surface area contributed by atoms with Gasteiger partial charge in [-0.15, -0.1) is 0 Å². The first-order valence-electron chi connectivity index (χ1n) is 30.5. The van der Waals surface area contributed by atoms with E-state index < -0.39 is 250 Å². The third kappa shape index (κ3) is 29.3. The van der Waals surface area contributed by atoms with E-state index in [1.807, 2.05) is 0 Å². The molecule has 0 spiro atoms. The number of amides is 14. The number of carboxylic acid groups (broad SMARTS) is 3. The summed E-state index contributed by atoms with van der Waals surface area (Å²) >= 11 is 0. The van der Waals surface area contributed by atoms with Crippen LogP contribution in [0, 0.1) is 5.92 Å². The van der Waals surface area contributed by atoms with E-state index in [1.165, 1.54) is 0 Å². The van der Waals surface area contributed by atoms with Crippen molar-refractivity contribution in [1.82, 2.24) is 63.4 Å². The summed E-state index contributed by atoms with van der Waals surface area (Å²) in [5.74, 6) is -20.8. The first-order valence-corrected chi connectivity index (χ1v) is 30.5. The van der Waals surface area contributed by atoms with Crippen LogP contribution in [0.5, 0.6) is 0 Å². The highest BCUT2D eigenvalue weighted by Crippen LogP contribution is 2.21. The summed E-state index contributed by atoms with van der Waals surface area (Å²) < 4.78 is 0. The molecule has 12 atom stereocenters. The van der Waals surface area contributed by atoms with Crippen molar-refractivity contribution in [3.8, 4) is 0 Å². The molecule has 2 aliphatic rings. The monoisotopic (exact) mass is 1350 g/mol. The van der Waals surface area contributed by atoms with E-state index in [-0.39, 0.29) is 70.5 Å². The van der Waals surface area contributed by atoms with Crippen LogP contribution < -0.4 is 87.2 Å². The lowest BCUT2D eigenvalue weighted by molar-refractivity contribution is -0.143. The number of carbonyl (C=O) groups is 17. The number of nitrogens with zero attached hydrogens (tertiary/aromatic N) is 2. The number of nitrogens with one attached hydrogen (secondary N) is 11. The minimum absolute atomic E-state index is 0.00750. The lowest BCUT2D eigenvalue weighted by atomic mass is 10.0. The van der Waals surface area contributed by atoms with Crippen molar-refractivity contribution in [3.05, 3.63) is 0 Å².